The minimum Gasteiger partial charge on any atom is -0.299 e. The Morgan fingerprint density at radius 1 is 1.73 bits per heavy atom. The number of carbonyl (C=O) groups is 1. The van der Waals surface area contributed by atoms with Gasteiger partial charge in [0.25, 0.3) is 0 Å². The Hall–Kier alpha value is -0.810. The van der Waals surface area contributed by atoms with E-state index in [0.29, 0.717) is 0 Å². The van der Waals surface area contributed by atoms with Crippen LogP contribution in [0.25, 0.3) is 0 Å². The van der Waals surface area contributed by atoms with E-state index in [2.05, 4.69) is 19.2 Å². The maximum Gasteiger partial charge on any atom is 0.137 e. The van der Waals surface area contributed by atoms with Crippen molar-refractivity contribution in [1.29, 1.82) is 0 Å². The van der Waals surface area contributed by atoms with Gasteiger partial charge in [0.15, 0.2) is 0 Å². The van der Waals surface area contributed by atoms with E-state index >= 15 is 0 Å². The van der Waals surface area contributed by atoms with Gasteiger partial charge in [-0.05, 0) is 19.4 Å². The molecular weight excluding hydrogens is 136 g/mol. The van der Waals surface area contributed by atoms with Gasteiger partial charge in [-0.2, -0.15) is 0 Å². The summed E-state index contributed by atoms with van der Waals surface area (Å²) in [6, 6.07) is 0. The number of unbranched alkanes of at least 4 members (excludes halogenated alkanes) is 1. The number of rotatable bonds is 5. The molecule has 1 nitrogen and oxygen atoms in total. The molecule has 0 saturated carbocycles. The third-order valence-corrected chi connectivity index (χ3v) is 1.71. The molecule has 0 aromatic rings. The Morgan fingerprint density at radius 3 is 2.73 bits per heavy atom. The number of Topliss-reactive ketones (excluding diaryl/α,β-unsaturated/α-hetero) is 1. The first-order valence-electron chi connectivity index (χ1n) is 4.08. The zero-order valence-corrected chi connectivity index (χ0v) is 7.39. The topological polar surface area (TPSA) is 17.1 Å². The normalized spacial score (nSPS) is 11.8. The molecule has 0 aromatic carbocycles. The Balaban J connectivity index is 3.89. The number of allylic oxidation sites excluding steroid dienone is 1. The van der Waals surface area contributed by atoms with Gasteiger partial charge >= 0.3 is 0 Å². The first-order chi connectivity index (χ1) is 5.22. The van der Waals surface area contributed by atoms with Crippen molar-refractivity contribution in [2.75, 3.05) is 0 Å². The van der Waals surface area contributed by atoms with Crippen molar-refractivity contribution >= 4 is 5.78 Å². The molecule has 0 N–H and O–H groups in total. The molecule has 0 saturated heterocycles. The SMILES string of the molecule is C=C=CC(CCCC)C(C)=O. The molecule has 1 unspecified atom stereocenters. The lowest BCUT2D eigenvalue weighted by Gasteiger charge is -2.05. The molecule has 0 aliphatic rings. The Morgan fingerprint density at radius 2 is 2.36 bits per heavy atom. The number of hydrogen-bond acceptors (Lipinski definition) is 1. The molecule has 0 rings (SSSR count). The molecule has 0 bridgehead atoms. The Bertz CT molecular complexity index is 162. The van der Waals surface area contributed by atoms with Gasteiger partial charge in [0.05, 0.1) is 0 Å². The second-order valence-electron chi connectivity index (χ2n) is 2.73. The average molecular weight is 152 g/mol. The molecule has 0 aliphatic carbocycles. The van der Waals surface area contributed by atoms with Gasteiger partial charge in [-0.3, -0.25) is 4.79 Å². The summed E-state index contributed by atoms with van der Waals surface area (Å²) in [5.74, 6) is 0.266. The van der Waals surface area contributed by atoms with Gasteiger partial charge in [-0.15, -0.1) is 5.73 Å². The van der Waals surface area contributed by atoms with E-state index in [0.717, 1.165) is 19.3 Å². The summed E-state index contributed by atoms with van der Waals surface area (Å²) < 4.78 is 0. The summed E-state index contributed by atoms with van der Waals surface area (Å²) in [5.41, 5.74) is 2.66. The summed E-state index contributed by atoms with van der Waals surface area (Å²) >= 11 is 0. The van der Waals surface area contributed by atoms with E-state index in [1.165, 1.54) is 0 Å². The Kier molecular flexibility index (Phi) is 5.50. The molecule has 0 aromatic heterocycles. The van der Waals surface area contributed by atoms with Crippen LogP contribution >= 0.6 is 0 Å². The average Bonchev–Trinajstić information content (AvgIpc) is 1.97. The lowest BCUT2D eigenvalue weighted by atomic mass is 9.98. The van der Waals surface area contributed by atoms with E-state index in [4.69, 9.17) is 0 Å². The first-order valence-corrected chi connectivity index (χ1v) is 4.08. The zero-order chi connectivity index (χ0) is 8.69. The van der Waals surface area contributed by atoms with Gasteiger partial charge in [0.1, 0.15) is 5.78 Å². The highest BCUT2D eigenvalue weighted by Crippen LogP contribution is 2.10. The van der Waals surface area contributed by atoms with Crippen molar-refractivity contribution in [3.8, 4) is 0 Å². The maximum absolute atomic E-state index is 10.9. The van der Waals surface area contributed by atoms with Crippen LogP contribution in [0.1, 0.15) is 33.1 Å². The fourth-order valence-corrected chi connectivity index (χ4v) is 0.970. The molecule has 1 atom stereocenters. The van der Waals surface area contributed by atoms with E-state index in [1.807, 2.05) is 0 Å². The zero-order valence-electron chi connectivity index (χ0n) is 7.39. The monoisotopic (exact) mass is 152 g/mol. The van der Waals surface area contributed by atoms with Crippen molar-refractivity contribution in [3.63, 3.8) is 0 Å². The molecule has 0 aliphatic heterocycles. The van der Waals surface area contributed by atoms with Gasteiger partial charge < -0.3 is 0 Å². The third-order valence-electron chi connectivity index (χ3n) is 1.71. The van der Waals surface area contributed by atoms with E-state index in [-0.39, 0.29) is 11.7 Å². The van der Waals surface area contributed by atoms with Crippen LogP contribution in [0.5, 0.6) is 0 Å². The summed E-state index contributed by atoms with van der Waals surface area (Å²) in [5, 5.41) is 0. The number of hydrogen-bond donors (Lipinski definition) is 0. The molecule has 0 heterocycles. The van der Waals surface area contributed by atoms with Crippen LogP contribution in [-0.2, 0) is 4.79 Å². The standard InChI is InChI=1S/C10H16O/c1-4-6-8-10(7-5-2)9(3)11/h7,10H,2,4,6,8H2,1,3H3. The van der Waals surface area contributed by atoms with Crippen LogP contribution in [0, 0.1) is 5.92 Å². The van der Waals surface area contributed by atoms with Crippen LogP contribution in [0.3, 0.4) is 0 Å². The second kappa shape index (κ2) is 5.94. The minimum absolute atomic E-state index is 0.0486. The van der Waals surface area contributed by atoms with Crippen molar-refractivity contribution in [2.24, 2.45) is 5.92 Å². The molecule has 0 radical (unpaired) electrons. The lowest BCUT2D eigenvalue weighted by Crippen LogP contribution is -2.06. The largest absolute Gasteiger partial charge is 0.299 e. The first kappa shape index (κ1) is 10.2. The number of ketones is 1. The smallest absolute Gasteiger partial charge is 0.137 e. The van der Waals surface area contributed by atoms with Gasteiger partial charge in [0.2, 0.25) is 0 Å². The lowest BCUT2D eigenvalue weighted by molar-refractivity contribution is -0.119. The van der Waals surface area contributed by atoms with Gasteiger partial charge in [-0.25, -0.2) is 0 Å². The quantitative estimate of drug-likeness (QED) is 0.553. The van der Waals surface area contributed by atoms with E-state index < -0.39 is 0 Å². The molecule has 1 heteroatoms. The van der Waals surface area contributed by atoms with Crippen molar-refractivity contribution in [2.45, 2.75) is 33.1 Å². The van der Waals surface area contributed by atoms with Crippen molar-refractivity contribution < 1.29 is 4.79 Å². The predicted octanol–water partition coefficient (Wildman–Crippen LogP) is 2.72. The summed E-state index contributed by atoms with van der Waals surface area (Å²) in [6.07, 6.45) is 4.93. The highest BCUT2D eigenvalue weighted by molar-refractivity contribution is 5.79. The highest BCUT2D eigenvalue weighted by Gasteiger charge is 2.08. The molecule has 0 amide bonds. The summed E-state index contributed by atoms with van der Waals surface area (Å²) in [4.78, 5) is 10.9. The number of carbonyl (C=O) groups excluding carboxylic acids is 1. The van der Waals surface area contributed by atoms with Crippen LogP contribution in [0.4, 0.5) is 0 Å². The fourth-order valence-electron chi connectivity index (χ4n) is 0.970. The summed E-state index contributed by atoms with van der Waals surface area (Å²) in [6.45, 7) is 7.20. The molecular formula is C10H16O. The van der Waals surface area contributed by atoms with Crippen molar-refractivity contribution in [1.82, 2.24) is 0 Å². The molecule has 0 fully saturated rings. The van der Waals surface area contributed by atoms with Crippen LogP contribution in [0.2, 0.25) is 0 Å². The van der Waals surface area contributed by atoms with Gasteiger partial charge in [-0.1, -0.05) is 26.3 Å². The highest BCUT2D eigenvalue weighted by atomic mass is 16.1. The fraction of sp³-hybridized carbons (Fsp3) is 0.600. The minimum atomic E-state index is 0.0486. The van der Waals surface area contributed by atoms with Crippen LogP contribution < -0.4 is 0 Å². The van der Waals surface area contributed by atoms with E-state index in [9.17, 15) is 4.79 Å². The summed E-state index contributed by atoms with van der Waals surface area (Å²) in [7, 11) is 0. The predicted molar refractivity (Wildman–Crippen MR) is 47.4 cm³/mol. The van der Waals surface area contributed by atoms with Crippen LogP contribution in [-0.4, -0.2) is 5.78 Å². The van der Waals surface area contributed by atoms with Crippen molar-refractivity contribution in [3.05, 3.63) is 18.4 Å². The van der Waals surface area contributed by atoms with Gasteiger partial charge in [0, 0.05) is 5.92 Å². The molecule has 11 heavy (non-hydrogen) atoms. The second-order valence-corrected chi connectivity index (χ2v) is 2.73. The third kappa shape index (κ3) is 4.58. The maximum atomic E-state index is 10.9. The molecule has 0 spiro atoms. The van der Waals surface area contributed by atoms with E-state index in [1.54, 1.807) is 13.0 Å². The molecule has 62 valence electrons. The van der Waals surface area contributed by atoms with Crippen LogP contribution in [0.15, 0.2) is 18.4 Å². The Labute approximate surface area is 68.8 Å².